The molecule has 0 fully saturated rings. The van der Waals surface area contributed by atoms with Gasteiger partial charge in [0.15, 0.2) is 29.6 Å². The molecule has 4 rings (SSSR count). The molecule has 0 saturated carbocycles. The average molecular weight is 522 g/mol. The summed E-state index contributed by atoms with van der Waals surface area (Å²) in [5.74, 6) is -0.483. The predicted octanol–water partition coefficient (Wildman–Crippen LogP) is 2.46. The molecule has 11 nitrogen and oxygen atoms in total. The molecule has 0 atom stereocenters. The summed E-state index contributed by atoms with van der Waals surface area (Å²) in [6, 6.07) is 15.3. The molecular formula is C26H23FN4O7. The van der Waals surface area contributed by atoms with E-state index in [-0.39, 0.29) is 31.4 Å². The normalized spacial score (nSPS) is 11.6. The van der Waals surface area contributed by atoms with Crippen molar-refractivity contribution in [1.29, 1.82) is 0 Å². The van der Waals surface area contributed by atoms with Gasteiger partial charge in [-0.3, -0.25) is 14.4 Å². The van der Waals surface area contributed by atoms with E-state index in [0.717, 1.165) is 0 Å². The maximum atomic E-state index is 13.7. The number of rotatable bonds is 10. The summed E-state index contributed by atoms with van der Waals surface area (Å²) in [5.41, 5.74) is 3.25. The van der Waals surface area contributed by atoms with Crippen molar-refractivity contribution < 1.29 is 37.7 Å². The highest BCUT2D eigenvalue weighted by Crippen LogP contribution is 2.32. The van der Waals surface area contributed by atoms with Crippen LogP contribution in [-0.2, 0) is 9.59 Å². The van der Waals surface area contributed by atoms with Crippen LogP contribution in [0.5, 0.6) is 23.0 Å². The first kappa shape index (κ1) is 25.9. The molecule has 12 heteroatoms. The summed E-state index contributed by atoms with van der Waals surface area (Å²) in [6.45, 7) is -0.571. The van der Waals surface area contributed by atoms with Gasteiger partial charge in [0.2, 0.25) is 6.79 Å². The third-order valence-corrected chi connectivity index (χ3v) is 5.14. The number of carbonyl (C=O) groups excluding carboxylic acids is 3. The number of carbonyl (C=O) groups is 3. The second-order valence-electron chi connectivity index (χ2n) is 7.77. The number of fused-ring (bicyclic) bond motifs is 1. The predicted molar refractivity (Wildman–Crippen MR) is 134 cm³/mol. The number of ether oxygens (including phenoxy) is 4. The Hall–Kier alpha value is -5.13. The maximum absolute atomic E-state index is 13.7. The molecule has 3 amide bonds. The maximum Gasteiger partial charge on any atom is 0.262 e. The summed E-state index contributed by atoms with van der Waals surface area (Å²) in [4.78, 5) is 36.4. The largest absolute Gasteiger partial charge is 0.493 e. The van der Waals surface area contributed by atoms with Crippen molar-refractivity contribution in [2.24, 2.45) is 5.10 Å². The number of nitrogens with zero attached hydrogens (tertiary/aromatic N) is 1. The van der Waals surface area contributed by atoms with Gasteiger partial charge in [0, 0.05) is 5.56 Å². The number of benzene rings is 3. The van der Waals surface area contributed by atoms with Gasteiger partial charge in [-0.05, 0) is 54.1 Å². The number of anilines is 1. The second kappa shape index (κ2) is 12.2. The molecule has 38 heavy (non-hydrogen) atoms. The Kier molecular flexibility index (Phi) is 8.34. The van der Waals surface area contributed by atoms with E-state index in [1.807, 2.05) is 0 Å². The number of hydrogen-bond donors (Lipinski definition) is 3. The van der Waals surface area contributed by atoms with E-state index in [2.05, 4.69) is 21.2 Å². The van der Waals surface area contributed by atoms with Gasteiger partial charge in [-0.25, -0.2) is 9.82 Å². The zero-order valence-corrected chi connectivity index (χ0v) is 20.2. The first-order valence-electron chi connectivity index (χ1n) is 11.3. The highest BCUT2D eigenvalue weighted by Gasteiger charge is 2.16. The molecule has 0 unspecified atom stereocenters. The molecule has 0 aliphatic carbocycles. The smallest absolute Gasteiger partial charge is 0.262 e. The lowest BCUT2D eigenvalue weighted by atomic mass is 10.2. The minimum Gasteiger partial charge on any atom is -0.493 e. The number of halogens is 1. The third kappa shape index (κ3) is 6.75. The number of amides is 3. The van der Waals surface area contributed by atoms with Gasteiger partial charge in [0.25, 0.3) is 17.7 Å². The van der Waals surface area contributed by atoms with Crippen LogP contribution in [0.3, 0.4) is 0 Å². The van der Waals surface area contributed by atoms with Crippen molar-refractivity contribution in [2.45, 2.75) is 0 Å². The van der Waals surface area contributed by atoms with Crippen LogP contribution in [-0.4, -0.2) is 51.0 Å². The molecular weight excluding hydrogens is 499 g/mol. The molecule has 1 aliphatic rings. The van der Waals surface area contributed by atoms with Crippen LogP contribution in [0, 0.1) is 5.82 Å². The van der Waals surface area contributed by atoms with Crippen molar-refractivity contribution in [1.82, 2.24) is 10.7 Å². The van der Waals surface area contributed by atoms with E-state index in [9.17, 15) is 18.8 Å². The Morgan fingerprint density at radius 3 is 2.63 bits per heavy atom. The number of hydrazone groups is 1. The average Bonchev–Trinajstić information content (AvgIpc) is 3.40. The minimum absolute atomic E-state index is 0.0502. The van der Waals surface area contributed by atoms with E-state index in [0.29, 0.717) is 28.4 Å². The van der Waals surface area contributed by atoms with Crippen molar-refractivity contribution >= 4 is 29.6 Å². The Morgan fingerprint density at radius 2 is 1.82 bits per heavy atom. The van der Waals surface area contributed by atoms with Crippen molar-refractivity contribution in [2.75, 3.05) is 32.4 Å². The van der Waals surface area contributed by atoms with Crippen LogP contribution < -0.4 is 35.0 Å². The van der Waals surface area contributed by atoms with Crippen LogP contribution >= 0.6 is 0 Å². The van der Waals surface area contributed by atoms with Gasteiger partial charge in [-0.2, -0.15) is 5.10 Å². The van der Waals surface area contributed by atoms with Gasteiger partial charge in [0.1, 0.15) is 5.82 Å². The SMILES string of the molecule is COc1cc(/C=N\NC(=O)CNC(=O)c2ccc3c(c2)OCO3)ccc1OCC(=O)Nc1ccccc1F. The number of para-hydroxylation sites is 1. The zero-order chi connectivity index (χ0) is 26.9. The van der Waals surface area contributed by atoms with Gasteiger partial charge in [-0.1, -0.05) is 12.1 Å². The van der Waals surface area contributed by atoms with Crippen LogP contribution in [0.4, 0.5) is 10.1 Å². The van der Waals surface area contributed by atoms with E-state index in [4.69, 9.17) is 18.9 Å². The molecule has 0 aromatic heterocycles. The molecule has 196 valence electrons. The van der Waals surface area contributed by atoms with Crippen LogP contribution in [0.2, 0.25) is 0 Å². The molecule has 0 spiro atoms. The molecule has 1 aliphatic heterocycles. The monoisotopic (exact) mass is 522 g/mol. The zero-order valence-electron chi connectivity index (χ0n) is 20.2. The molecule has 0 saturated heterocycles. The van der Waals surface area contributed by atoms with E-state index < -0.39 is 23.5 Å². The quantitative estimate of drug-likeness (QED) is 0.275. The van der Waals surface area contributed by atoms with Crippen molar-refractivity contribution in [3.63, 3.8) is 0 Å². The molecule has 3 aromatic carbocycles. The molecule has 0 bridgehead atoms. The number of hydrogen-bond acceptors (Lipinski definition) is 8. The summed E-state index contributed by atoms with van der Waals surface area (Å²) >= 11 is 0. The summed E-state index contributed by atoms with van der Waals surface area (Å²) in [5, 5.41) is 8.79. The summed E-state index contributed by atoms with van der Waals surface area (Å²) in [6.07, 6.45) is 1.37. The molecule has 3 aromatic rings. The Balaban J connectivity index is 1.24. The molecule has 1 heterocycles. The highest BCUT2D eigenvalue weighted by atomic mass is 19.1. The topological polar surface area (TPSA) is 137 Å². The molecule has 3 N–H and O–H groups in total. The van der Waals surface area contributed by atoms with Crippen LogP contribution in [0.25, 0.3) is 0 Å². The number of nitrogens with one attached hydrogen (secondary N) is 3. The second-order valence-corrected chi connectivity index (χ2v) is 7.77. The summed E-state index contributed by atoms with van der Waals surface area (Å²) < 4.78 is 34.9. The van der Waals surface area contributed by atoms with E-state index in [1.165, 1.54) is 37.6 Å². The minimum atomic E-state index is -0.554. The fourth-order valence-corrected chi connectivity index (χ4v) is 3.29. The standard InChI is InChI=1S/C26H23FN4O7/c1-35-22-10-16(6-8-20(22)36-14-25(33)30-19-5-3-2-4-18(19)27)12-29-31-24(32)13-28-26(34)17-7-9-21-23(11-17)38-15-37-21/h2-12H,13-15H2,1H3,(H,28,34)(H,30,33)(H,31,32)/b29-12-. The van der Waals surface area contributed by atoms with Gasteiger partial charge >= 0.3 is 0 Å². The fraction of sp³-hybridized carbons (Fsp3) is 0.154. The lowest BCUT2D eigenvalue weighted by Gasteiger charge is -2.11. The Morgan fingerprint density at radius 1 is 1.00 bits per heavy atom. The van der Waals surface area contributed by atoms with Gasteiger partial charge in [0.05, 0.1) is 25.6 Å². The fourth-order valence-electron chi connectivity index (χ4n) is 3.29. The van der Waals surface area contributed by atoms with E-state index in [1.54, 1.807) is 36.4 Å². The lowest BCUT2D eigenvalue weighted by Crippen LogP contribution is -2.34. The van der Waals surface area contributed by atoms with Crippen molar-refractivity contribution in [3.8, 4) is 23.0 Å². The van der Waals surface area contributed by atoms with E-state index >= 15 is 0 Å². The van der Waals surface area contributed by atoms with Gasteiger partial charge in [-0.15, -0.1) is 0 Å². The lowest BCUT2D eigenvalue weighted by molar-refractivity contribution is -0.120. The molecule has 0 radical (unpaired) electrons. The Bertz CT molecular complexity index is 1380. The summed E-state index contributed by atoms with van der Waals surface area (Å²) in [7, 11) is 1.42. The first-order valence-corrected chi connectivity index (χ1v) is 11.3. The van der Waals surface area contributed by atoms with Crippen LogP contribution in [0.15, 0.2) is 65.8 Å². The number of methoxy groups -OCH3 is 1. The highest BCUT2D eigenvalue weighted by molar-refractivity contribution is 5.97. The third-order valence-electron chi connectivity index (χ3n) is 5.14. The Labute approximate surface area is 216 Å². The van der Waals surface area contributed by atoms with Crippen LogP contribution in [0.1, 0.15) is 15.9 Å². The first-order chi connectivity index (χ1) is 18.4. The van der Waals surface area contributed by atoms with Gasteiger partial charge < -0.3 is 29.6 Å². The van der Waals surface area contributed by atoms with Crippen molar-refractivity contribution in [3.05, 3.63) is 77.6 Å².